The van der Waals surface area contributed by atoms with Crippen LogP contribution in [0.1, 0.15) is 21.5 Å². The molecule has 2 aromatic rings. The molecule has 0 saturated heterocycles. The van der Waals surface area contributed by atoms with Crippen LogP contribution in [0.3, 0.4) is 0 Å². The van der Waals surface area contributed by atoms with Crippen LogP contribution in [0, 0.1) is 0 Å². The molecule has 1 aliphatic heterocycles. The lowest BCUT2D eigenvalue weighted by Crippen LogP contribution is -2.03. The van der Waals surface area contributed by atoms with Gasteiger partial charge in [0.2, 0.25) is 5.91 Å². The van der Waals surface area contributed by atoms with E-state index in [1.807, 2.05) is 0 Å². The zero-order valence-electron chi connectivity index (χ0n) is 10.2. The first kappa shape index (κ1) is 13.2. The maximum atomic E-state index is 12.5. The van der Waals surface area contributed by atoms with Gasteiger partial charge in [-0.1, -0.05) is 35.3 Å². The summed E-state index contributed by atoms with van der Waals surface area (Å²) in [5, 5.41) is 3.50. The fourth-order valence-electron chi connectivity index (χ4n) is 2.21. The van der Waals surface area contributed by atoms with Gasteiger partial charge in [0.25, 0.3) is 0 Å². The number of halogens is 2. The molecule has 0 bridgehead atoms. The smallest absolute Gasteiger partial charge is 0.228 e. The molecule has 1 N–H and O–H groups in total. The van der Waals surface area contributed by atoms with Crippen molar-refractivity contribution in [3.8, 4) is 0 Å². The number of hydrogen-bond acceptors (Lipinski definition) is 2. The Balaban J connectivity index is 2.05. The van der Waals surface area contributed by atoms with E-state index in [1.165, 1.54) is 0 Å². The van der Waals surface area contributed by atoms with Crippen molar-refractivity contribution in [1.82, 2.24) is 0 Å². The molecular formula is C15H9Cl2NO2. The third-order valence-electron chi connectivity index (χ3n) is 3.15. The Hall–Kier alpha value is -1.84. The van der Waals surface area contributed by atoms with E-state index in [9.17, 15) is 9.59 Å². The second-order valence-corrected chi connectivity index (χ2v) is 5.40. The predicted octanol–water partition coefficient (Wildman–Crippen LogP) is 3.72. The molecule has 3 rings (SSSR count). The molecule has 1 heterocycles. The molecule has 20 heavy (non-hydrogen) atoms. The van der Waals surface area contributed by atoms with E-state index < -0.39 is 0 Å². The Bertz CT molecular complexity index is 741. The summed E-state index contributed by atoms with van der Waals surface area (Å²) in [5.41, 5.74) is 2.30. The number of amides is 1. The number of nitrogens with one attached hydrogen (secondary N) is 1. The van der Waals surface area contributed by atoms with Crippen LogP contribution in [0.25, 0.3) is 0 Å². The number of benzene rings is 2. The molecule has 0 unspecified atom stereocenters. The van der Waals surface area contributed by atoms with Crippen molar-refractivity contribution in [3.63, 3.8) is 0 Å². The molecule has 0 fully saturated rings. The first-order chi connectivity index (χ1) is 9.54. The molecule has 3 nitrogen and oxygen atoms in total. The van der Waals surface area contributed by atoms with Gasteiger partial charge in [0.1, 0.15) is 0 Å². The van der Waals surface area contributed by atoms with E-state index in [-0.39, 0.29) is 18.1 Å². The van der Waals surface area contributed by atoms with Gasteiger partial charge in [-0.3, -0.25) is 9.59 Å². The minimum atomic E-state index is -0.209. The predicted molar refractivity (Wildman–Crippen MR) is 78.7 cm³/mol. The summed E-state index contributed by atoms with van der Waals surface area (Å²) in [7, 11) is 0. The number of rotatable bonds is 2. The molecule has 0 radical (unpaired) electrons. The second-order valence-electron chi connectivity index (χ2n) is 4.55. The number of hydrogen-bond donors (Lipinski definition) is 1. The average molecular weight is 306 g/mol. The summed E-state index contributed by atoms with van der Waals surface area (Å²) < 4.78 is 0. The van der Waals surface area contributed by atoms with Gasteiger partial charge < -0.3 is 5.32 Å². The van der Waals surface area contributed by atoms with Crippen LogP contribution in [0.15, 0.2) is 36.4 Å². The Morgan fingerprint density at radius 2 is 1.95 bits per heavy atom. The number of fused-ring (bicyclic) bond motifs is 1. The fourth-order valence-corrected chi connectivity index (χ4v) is 2.65. The van der Waals surface area contributed by atoms with E-state index in [0.29, 0.717) is 26.9 Å². The van der Waals surface area contributed by atoms with Crippen molar-refractivity contribution >= 4 is 40.6 Å². The van der Waals surface area contributed by atoms with Gasteiger partial charge in [-0.05, 0) is 29.8 Å². The highest BCUT2D eigenvalue weighted by Crippen LogP contribution is 2.31. The molecule has 100 valence electrons. The first-order valence-corrected chi connectivity index (χ1v) is 6.73. The van der Waals surface area contributed by atoms with Crippen LogP contribution in [-0.2, 0) is 11.2 Å². The first-order valence-electron chi connectivity index (χ1n) is 5.97. The highest BCUT2D eigenvalue weighted by molar-refractivity contribution is 6.36. The third kappa shape index (κ3) is 2.30. The van der Waals surface area contributed by atoms with Crippen LogP contribution in [0.4, 0.5) is 5.69 Å². The van der Waals surface area contributed by atoms with Crippen molar-refractivity contribution in [1.29, 1.82) is 0 Å². The average Bonchev–Trinajstić information content (AvgIpc) is 2.76. The van der Waals surface area contributed by atoms with Crippen LogP contribution in [0.2, 0.25) is 10.0 Å². The Morgan fingerprint density at radius 1 is 1.15 bits per heavy atom. The minimum Gasteiger partial charge on any atom is -0.325 e. The Morgan fingerprint density at radius 3 is 2.70 bits per heavy atom. The van der Waals surface area contributed by atoms with Crippen LogP contribution >= 0.6 is 23.2 Å². The van der Waals surface area contributed by atoms with Crippen LogP contribution in [0.5, 0.6) is 0 Å². The molecule has 1 aliphatic rings. The van der Waals surface area contributed by atoms with E-state index in [4.69, 9.17) is 23.2 Å². The number of anilines is 1. The monoisotopic (exact) mass is 305 g/mol. The molecule has 0 atom stereocenters. The second kappa shape index (κ2) is 4.93. The number of ketones is 1. The SMILES string of the molecule is O=C1Cc2cc(C(=O)c3cccc(Cl)c3)c(Cl)cc2N1. The zero-order valence-corrected chi connectivity index (χ0v) is 11.8. The zero-order chi connectivity index (χ0) is 14.3. The van der Waals surface area contributed by atoms with Crippen molar-refractivity contribution in [2.75, 3.05) is 5.32 Å². The summed E-state index contributed by atoms with van der Waals surface area (Å²) in [6.45, 7) is 0. The Labute approximate surface area is 125 Å². The van der Waals surface area contributed by atoms with Gasteiger partial charge in [-0.2, -0.15) is 0 Å². The highest BCUT2D eigenvalue weighted by atomic mass is 35.5. The molecule has 2 aromatic carbocycles. The third-order valence-corrected chi connectivity index (χ3v) is 3.70. The topological polar surface area (TPSA) is 46.2 Å². The largest absolute Gasteiger partial charge is 0.325 e. The lowest BCUT2D eigenvalue weighted by atomic mass is 10.00. The fraction of sp³-hybridized carbons (Fsp3) is 0.0667. The maximum absolute atomic E-state index is 12.5. The molecule has 0 spiro atoms. The maximum Gasteiger partial charge on any atom is 0.228 e. The van der Waals surface area contributed by atoms with Crippen LogP contribution in [-0.4, -0.2) is 11.7 Å². The molecule has 1 amide bonds. The van der Waals surface area contributed by atoms with Gasteiger partial charge in [0.05, 0.1) is 11.4 Å². The number of carbonyl (C=O) groups excluding carboxylic acids is 2. The van der Waals surface area contributed by atoms with Crippen molar-refractivity contribution < 1.29 is 9.59 Å². The highest BCUT2D eigenvalue weighted by Gasteiger charge is 2.22. The minimum absolute atomic E-state index is 0.0941. The van der Waals surface area contributed by atoms with Gasteiger partial charge in [0, 0.05) is 21.8 Å². The van der Waals surface area contributed by atoms with Crippen LogP contribution < -0.4 is 5.32 Å². The summed E-state index contributed by atoms with van der Waals surface area (Å²) in [6, 6.07) is 9.96. The summed E-state index contributed by atoms with van der Waals surface area (Å²) in [5.74, 6) is -0.303. The molecule has 0 aromatic heterocycles. The van der Waals surface area contributed by atoms with E-state index in [2.05, 4.69) is 5.32 Å². The van der Waals surface area contributed by atoms with Crippen molar-refractivity contribution in [2.45, 2.75) is 6.42 Å². The van der Waals surface area contributed by atoms with E-state index >= 15 is 0 Å². The summed E-state index contributed by atoms with van der Waals surface area (Å²) >= 11 is 12.0. The van der Waals surface area contributed by atoms with E-state index in [1.54, 1.807) is 36.4 Å². The summed E-state index contributed by atoms with van der Waals surface area (Å²) in [6.07, 6.45) is 0.266. The van der Waals surface area contributed by atoms with Gasteiger partial charge in [0.15, 0.2) is 5.78 Å². The lowest BCUT2D eigenvalue weighted by molar-refractivity contribution is -0.115. The van der Waals surface area contributed by atoms with Gasteiger partial charge in [-0.15, -0.1) is 0 Å². The summed E-state index contributed by atoms with van der Waals surface area (Å²) in [4.78, 5) is 23.8. The van der Waals surface area contributed by atoms with E-state index in [0.717, 1.165) is 5.56 Å². The van der Waals surface area contributed by atoms with Gasteiger partial charge in [-0.25, -0.2) is 0 Å². The normalized spacial score (nSPS) is 13.0. The number of carbonyl (C=O) groups is 2. The lowest BCUT2D eigenvalue weighted by Gasteiger charge is -2.07. The molecule has 0 aliphatic carbocycles. The van der Waals surface area contributed by atoms with Crippen molar-refractivity contribution in [3.05, 3.63) is 63.1 Å². The molecular weight excluding hydrogens is 297 g/mol. The molecule has 5 heteroatoms. The Kier molecular flexibility index (Phi) is 3.24. The quantitative estimate of drug-likeness (QED) is 0.860. The van der Waals surface area contributed by atoms with Gasteiger partial charge >= 0.3 is 0 Å². The van der Waals surface area contributed by atoms with Crippen molar-refractivity contribution in [2.24, 2.45) is 0 Å². The molecule has 0 saturated carbocycles. The standard InChI is InChI=1S/C15H9Cl2NO2/c16-10-3-1-2-8(4-10)15(20)11-5-9-6-14(19)18-13(9)7-12(11)17/h1-5,7H,6H2,(H,18,19).